The van der Waals surface area contributed by atoms with Crippen molar-refractivity contribution < 1.29 is 4.74 Å². The highest BCUT2D eigenvalue weighted by Crippen LogP contribution is 2.23. The largest absolute Gasteiger partial charge is 0.496 e. The fourth-order valence-electron chi connectivity index (χ4n) is 1.71. The van der Waals surface area contributed by atoms with Gasteiger partial charge in [0, 0.05) is 0 Å². The normalized spacial score (nSPS) is 9.38. The lowest BCUT2D eigenvalue weighted by Gasteiger charge is -2.10. The van der Waals surface area contributed by atoms with Crippen molar-refractivity contribution in [3.05, 3.63) is 28.8 Å². The lowest BCUT2D eigenvalue weighted by molar-refractivity contribution is 0.411. The van der Waals surface area contributed by atoms with E-state index in [0.717, 1.165) is 5.75 Å². The van der Waals surface area contributed by atoms with Crippen LogP contribution in [0.15, 0.2) is 12.1 Å². The Morgan fingerprint density at radius 1 is 1.06 bits per heavy atom. The number of methoxy groups -OCH3 is 1. The van der Waals surface area contributed by atoms with E-state index in [1.165, 1.54) is 36.0 Å². The van der Waals surface area contributed by atoms with Crippen LogP contribution in [-0.4, -0.2) is 7.11 Å². The molecule has 0 saturated carbocycles. The van der Waals surface area contributed by atoms with Crippen molar-refractivity contribution in [1.29, 1.82) is 0 Å². The third-order valence-electron chi connectivity index (χ3n) is 2.65. The van der Waals surface area contributed by atoms with Crippen LogP contribution in [0.25, 0.3) is 0 Å². The van der Waals surface area contributed by atoms with Crippen LogP contribution in [0.4, 0.5) is 0 Å². The standard InChI is InChI=1S/C13H20O.C2H6/c1-5-6-7-12-8-11(3)13(14-4)9-10(12)2;1-2/h8-9H,5-7H2,1-4H3;1-2H3. The Bertz CT molecular complexity index is 303. The quantitative estimate of drug-likeness (QED) is 0.718. The minimum absolute atomic E-state index is 1.00. The Labute approximate surface area is 101 Å². The van der Waals surface area contributed by atoms with Gasteiger partial charge in [-0.2, -0.15) is 0 Å². The molecule has 0 spiro atoms. The van der Waals surface area contributed by atoms with Crippen LogP contribution < -0.4 is 4.74 Å². The van der Waals surface area contributed by atoms with E-state index in [4.69, 9.17) is 4.74 Å². The summed E-state index contributed by atoms with van der Waals surface area (Å²) >= 11 is 0. The molecule has 0 amide bonds. The van der Waals surface area contributed by atoms with Crippen LogP contribution in [0.1, 0.15) is 50.3 Å². The summed E-state index contributed by atoms with van der Waals surface area (Å²) in [5, 5.41) is 0. The summed E-state index contributed by atoms with van der Waals surface area (Å²) in [7, 11) is 1.73. The smallest absolute Gasteiger partial charge is 0.122 e. The van der Waals surface area contributed by atoms with Crippen molar-refractivity contribution in [1.82, 2.24) is 0 Å². The van der Waals surface area contributed by atoms with Crippen LogP contribution in [0.5, 0.6) is 5.75 Å². The molecule has 0 radical (unpaired) electrons. The van der Waals surface area contributed by atoms with Gasteiger partial charge in [-0.05, 0) is 49.4 Å². The molecule has 1 heteroatoms. The Kier molecular flexibility index (Phi) is 7.70. The number of hydrogen-bond donors (Lipinski definition) is 0. The first-order chi connectivity index (χ1) is 7.69. The maximum atomic E-state index is 5.29. The van der Waals surface area contributed by atoms with Crippen molar-refractivity contribution >= 4 is 0 Å². The predicted molar refractivity (Wildman–Crippen MR) is 72.4 cm³/mol. The third kappa shape index (κ3) is 4.26. The van der Waals surface area contributed by atoms with E-state index >= 15 is 0 Å². The molecule has 0 aliphatic rings. The zero-order valence-corrected chi connectivity index (χ0v) is 11.7. The summed E-state index contributed by atoms with van der Waals surface area (Å²) in [6.07, 6.45) is 3.71. The minimum atomic E-state index is 1.00. The van der Waals surface area contributed by atoms with Crippen LogP contribution in [-0.2, 0) is 6.42 Å². The first-order valence-corrected chi connectivity index (χ1v) is 6.33. The molecule has 1 aromatic carbocycles. The summed E-state index contributed by atoms with van der Waals surface area (Å²) < 4.78 is 5.29. The highest BCUT2D eigenvalue weighted by molar-refractivity contribution is 5.41. The second-order valence-corrected chi connectivity index (χ2v) is 3.85. The first-order valence-electron chi connectivity index (χ1n) is 6.33. The Hall–Kier alpha value is -0.980. The predicted octanol–water partition coefficient (Wildman–Crippen LogP) is 4.68. The lowest BCUT2D eigenvalue weighted by Crippen LogP contribution is -1.94. The average molecular weight is 222 g/mol. The van der Waals surface area contributed by atoms with E-state index in [-0.39, 0.29) is 0 Å². The molecule has 0 heterocycles. The Morgan fingerprint density at radius 3 is 2.19 bits per heavy atom. The Morgan fingerprint density at radius 2 is 1.69 bits per heavy atom. The van der Waals surface area contributed by atoms with Crippen molar-refractivity contribution in [3.63, 3.8) is 0 Å². The highest BCUT2D eigenvalue weighted by atomic mass is 16.5. The number of rotatable bonds is 4. The molecule has 92 valence electrons. The molecule has 1 nitrogen and oxygen atoms in total. The fraction of sp³-hybridized carbons (Fsp3) is 0.600. The van der Waals surface area contributed by atoms with E-state index in [1.54, 1.807) is 7.11 Å². The van der Waals surface area contributed by atoms with Gasteiger partial charge in [0.1, 0.15) is 5.75 Å². The summed E-state index contributed by atoms with van der Waals surface area (Å²) in [4.78, 5) is 0. The van der Waals surface area contributed by atoms with E-state index < -0.39 is 0 Å². The number of unbranched alkanes of at least 4 members (excludes halogenated alkanes) is 1. The first kappa shape index (κ1) is 15.0. The third-order valence-corrected chi connectivity index (χ3v) is 2.65. The molecule has 0 aliphatic heterocycles. The lowest BCUT2D eigenvalue weighted by atomic mass is 10.00. The van der Waals surface area contributed by atoms with Crippen molar-refractivity contribution in [3.8, 4) is 5.75 Å². The molecular formula is C15H26O. The molecule has 0 bridgehead atoms. The molecule has 0 fully saturated rings. The van der Waals surface area contributed by atoms with Crippen molar-refractivity contribution in [2.75, 3.05) is 7.11 Å². The zero-order valence-electron chi connectivity index (χ0n) is 11.7. The molecule has 0 aliphatic carbocycles. The van der Waals surface area contributed by atoms with Gasteiger partial charge in [-0.15, -0.1) is 0 Å². The monoisotopic (exact) mass is 222 g/mol. The van der Waals surface area contributed by atoms with Crippen LogP contribution in [0.2, 0.25) is 0 Å². The number of hydrogen-bond acceptors (Lipinski definition) is 1. The van der Waals surface area contributed by atoms with Gasteiger partial charge >= 0.3 is 0 Å². The van der Waals surface area contributed by atoms with Crippen molar-refractivity contribution in [2.24, 2.45) is 0 Å². The highest BCUT2D eigenvalue weighted by Gasteiger charge is 2.03. The molecule has 0 unspecified atom stereocenters. The van der Waals surface area contributed by atoms with E-state index in [9.17, 15) is 0 Å². The molecular weight excluding hydrogens is 196 g/mol. The summed E-state index contributed by atoms with van der Waals surface area (Å²) in [5.41, 5.74) is 4.05. The van der Waals surface area contributed by atoms with Gasteiger partial charge in [-0.3, -0.25) is 0 Å². The number of aryl methyl sites for hydroxylation is 3. The molecule has 0 saturated heterocycles. The number of ether oxygens (including phenoxy) is 1. The second-order valence-electron chi connectivity index (χ2n) is 3.85. The maximum Gasteiger partial charge on any atom is 0.122 e. The topological polar surface area (TPSA) is 9.23 Å². The van der Waals surface area contributed by atoms with Gasteiger partial charge in [-0.1, -0.05) is 33.3 Å². The number of benzene rings is 1. The average Bonchev–Trinajstić information content (AvgIpc) is 2.32. The SMILES string of the molecule is CC.CCCCc1cc(C)c(OC)cc1C. The summed E-state index contributed by atoms with van der Waals surface area (Å²) in [6, 6.07) is 4.39. The summed E-state index contributed by atoms with van der Waals surface area (Å²) in [5.74, 6) is 1.00. The van der Waals surface area contributed by atoms with Crippen LogP contribution in [0, 0.1) is 13.8 Å². The van der Waals surface area contributed by atoms with Crippen LogP contribution >= 0.6 is 0 Å². The van der Waals surface area contributed by atoms with Gasteiger partial charge < -0.3 is 4.74 Å². The fourth-order valence-corrected chi connectivity index (χ4v) is 1.71. The van der Waals surface area contributed by atoms with E-state index in [0.29, 0.717) is 0 Å². The van der Waals surface area contributed by atoms with Crippen molar-refractivity contribution in [2.45, 2.75) is 53.9 Å². The minimum Gasteiger partial charge on any atom is -0.496 e. The molecule has 16 heavy (non-hydrogen) atoms. The molecule has 0 aromatic heterocycles. The molecule has 1 aromatic rings. The Balaban J connectivity index is 0.00000106. The van der Waals surface area contributed by atoms with Gasteiger partial charge in [0.05, 0.1) is 7.11 Å². The van der Waals surface area contributed by atoms with E-state index in [1.807, 2.05) is 13.8 Å². The van der Waals surface area contributed by atoms with E-state index in [2.05, 4.69) is 32.9 Å². The van der Waals surface area contributed by atoms with Crippen LogP contribution in [0.3, 0.4) is 0 Å². The molecule has 1 rings (SSSR count). The summed E-state index contributed by atoms with van der Waals surface area (Å²) in [6.45, 7) is 10.5. The molecule has 0 atom stereocenters. The van der Waals surface area contributed by atoms with Gasteiger partial charge in [0.15, 0.2) is 0 Å². The van der Waals surface area contributed by atoms with Gasteiger partial charge in [0.2, 0.25) is 0 Å². The van der Waals surface area contributed by atoms with Gasteiger partial charge in [0.25, 0.3) is 0 Å². The zero-order chi connectivity index (χ0) is 12.6. The maximum absolute atomic E-state index is 5.29. The molecule has 0 N–H and O–H groups in total. The second kappa shape index (κ2) is 8.20. The van der Waals surface area contributed by atoms with Gasteiger partial charge in [-0.25, -0.2) is 0 Å².